The van der Waals surface area contributed by atoms with Gasteiger partial charge in [-0.3, -0.25) is 4.79 Å². The fourth-order valence-electron chi connectivity index (χ4n) is 0.966. The van der Waals surface area contributed by atoms with Gasteiger partial charge in [-0.25, -0.2) is 0 Å². The van der Waals surface area contributed by atoms with Gasteiger partial charge in [-0.05, 0) is 18.6 Å². The predicted octanol–water partition coefficient (Wildman–Crippen LogP) is 2.10. The van der Waals surface area contributed by atoms with Crippen LogP contribution in [0.5, 0.6) is 0 Å². The first-order valence-corrected chi connectivity index (χ1v) is 3.85. The molecule has 0 saturated carbocycles. The Morgan fingerprint density at radius 1 is 1.42 bits per heavy atom. The van der Waals surface area contributed by atoms with Crippen LogP contribution in [0.4, 0.5) is 0 Å². The van der Waals surface area contributed by atoms with E-state index in [2.05, 4.69) is 0 Å². The first-order chi connectivity index (χ1) is 5.72. The van der Waals surface area contributed by atoms with E-state index in [0.29, 0.717) is 6.42 Å². The van der Waals surface area contributed by atoms with Crippen LogP contribution in [0.2, 0.25) is 0 Å². The molecule has 12 heavy (non-hydrogen) atoms. The van der Waals surface area contributed by atoms with Crippen LogP contribution in [0.25, 0.3) is 0 Å². The van der Waals surface area contributed by atoms with Gasteiger partial charge in [-0.1, -0.05) is 36.4 Å². The minimum atomic E-state index is -0.0427. The molecular formula is C11H11O. The number of carbonyl (C=O) groups is 1. The van der Waals surface area contributed by atoms with Gasteiger partial charge in [0.2, 0.25) is 0 Å². The van der Waals surface area contributed by atoms with Crippen molar-refractivity contribution in [3.63, 3.8) is 0 Å². The summed E-state index contributed by atoms with van der Waals surface area (Å²) in [5.41, 5.74) is 2.20. The molecule has 0 amide bonds. The van der Waals surface area contributed by atoms with Crippen LogP contribution in [0.3, 0.4) is 0 Å². The van der Waals surface area contributed by atoms with Gasteiger partial charge in [0.15, 0.2) is 5.78 Å². The lowest BCUT2D eigenvalue weighted by Gasteiger charge is -1.97. The SMILES string of the molecule is [CH]=CC(=O)Cc1ccc(C)cc1. The van der Waals surface area contributed by atoms with Gasteiger partial charge < -0.3 is 0 Å². The minimum Gasteiger partial charge on any atom is -0.294 e. The highest BCUT2D eigenvalue weighted by atomic mass is 16.1. The molecule has 1 rings (SSSR count). The van der Waals surface area contributed by atoms with E-state index in [-0.39, 0.29) is 5.78 Å². The van der Waals surface area contributed by atoms with Crippen LogP contribution in [0.1, 0.15) is 11.1 Å². The molecule has 0 unspecified atom stereocenters. The molecule has 0 atom stereocenters. The van der Waals surface area contributed by atoms with Crippen LogP contribution in [0.15, 0.2) is 30.3 Å². The van der Waals surface area contributed by atoms with Gasteiger partial charge in [0.05, 0.1) is 0 Å². The highest BCUT2D eigenvalue weighted by Gasteiger charge is 1.97. The van der Waals surface area contributed by atoms with E-state index in [4.69, 9.17) is 6.58 Å². The number of aryl methyl sites for hydroxylation is 1. The van der Waals surface area contributed by atoms with Gasteiger partial charge in [0, 0.05) is 6.42 Å². The number of carbonyl (C=O) groups excluding carboxylic acids is 1. The maximum absolute atomic E-state index is 10.9. The molecule has 0 N–H and O–H groups in total. The molecule has 1 heteroatoms. The quantitative estimate of drug-likeness (QED) is 0.617. The van der Waals surface area contributed by atoms with Crippen LogP contribution in [0, 0.1) is 13.5 Å². The molecule has 1 nitrogen and oxygen atoms in total. The van der Waals surface area contributed by atoms with Gasteiger partial charge in [-0.15, -0.1) is 0 Å². The van der Waals surface area contributed by atoms with E-state index in [1.807, 2.05) is 31.2 Å². The summed E-state index contributed by atoms with van der Waals surface area (Å²) in [6, 6.07) is 7.85. The Kier molecular flexibility index (Phi) is 2.81. The maximum Gasteiger partial charge on any atom is 0.160 e. The Balaban J connectivity index is 2.71. The third kappa shape index (κ3) is 2.35. The fourth-order valence-corrected chi connectivity index (χ4v) is 0.966. The van der Waals surface area contributed by atoms with E-state index >= 15 is 0 Å². The summed E-state index contributed by atoms with van der Waals surface area (Å²) in [6.45, 7) is 7.09. The van der Waals surface area contributed by atoms with Crippen molar-refractivity contribution < 1.29 is 4.79 Å². The summed E-state index contributed by atoms with van der Waals surface area (Å²) in [5.74, 6) is -0.0427. The molecule has 0 aliphatic carbocycles. The van der Waals surface area contributed by atoms with Crippen LogP contribution in [-0.4, -0.2) is 5.78 Å². The van der Waals surface area contributed by atoms with Gasteiger partial charge in [0.25, 0.3) is 0 Å². The molecule has 1 aromatic rings. The first-order valence-electron chi connectivity index (χ1n) is 3.85. The molecule has 0 aliphatic rings. The van der Waals surface area contributed by atoms with E-state index in [1.165, 1.54) is 5.56 Å². The highest BCUT2D eigenvalue weighted by Crippen LogP contribution is 2.04. The predicted molar refractivity (Wildman–Crippen MR) is 48.8 cm³/mol. The number of ketones is 1. The van der Waals surface area contributed by atoms with E-state index in [1.54, 1.807) is 0 Å². The average Bonchev–Trinajstić information content (AvgIpc) is 2.09. The lowest BCUT2D eigenvalue weighted by Crippen LogP contribution is -1.97. The van der Waals surface area contributed by atoms with Crippen molar-refractivity contribution in [1.29, 1.82) is 0 Å². The number of hydrogen-bond acceptors (Lipinski definition) is 1. The Labute approximate surface area is 72.7 Å². The molecule has 1 radical (unpaired) electrons. The van der Waals surface area contributed by atoms with Gasteiger partial charge >= 0.3 is 0 Å². The molecule has 0 heterocycles. The lowest BCUT2D eigenvalue weighted by molar-refractivity contribution is -0.114. The second kappa shape index (κ2) is 3.86. The molecule has 0 fully saturated rings. The standard InChI is InChI=1S/C11H11O/c1-3-11(12)8-10-6-4-9(2)5-7-10/h1,3-7H,8H2,2H3. The summed E-state index contributed by atoms with van der Waals surface area (Å²) in [7, 11) is 0. The van der Waals surface area contributed by atoms with Crippen LogP contribution < -0.4 is 0 Å². The zero-order chi connectivity index (χ0) is 8.97. The summed E-state index contributed by atoms with van der Waals surface area (Å²) in [5, 5.41) is 0. The molecule has 0 aliphatic heterocycles. The summed E-state index contributed by atoms with van der Waals surface area (Å²) in [4.78, 5) is 10.9. The molecule has 0 saturated heterocycles. The lowest BCUT2D eigenvalue weighted by atomic mass is 10.1. The van der Waals surface area contributed by atoms with Gasteiger partial charge in [-0.2, -0.15) is 0 Å². The van der Waals surface area contributed by atoms with Crippen molar-refractivity contribution in [2.24, 2.45) is 0 Å². The molecule has 0 aromatic heterocycles. The molecule has 0 bridgehead atoms. The molecular weight excluding hydrogens is 148 g/mol. The second-order valence-corrected chi connectivity index (χ2v) is 2.80. The average molecular weight is 159 g/mol. The third-order valence-electron chi connectivity index (χ3n) is 1.68. The Morgan fingerprint density at radius 2 is 2.00 bits per heavy atom. The van der Waals surface area contributed by atoms with Crippen molar-refractivity contribution in [3.8, 4) is 0 Å². The largest absolute Gasteiger partial charge is 0.294 e. The topological polar surface area (TPSA) is 17.1 Å². The second-order valence-electron chi connectivity index (χ2n) is 2.80. The van der Waals surface area contributed by atoms with E-state index in [0.717, 1.165) is 11.6 Å². The number of hydrogen-bond donors (Lipinski definition) is 0. The summed E-state index contributed by atoms with van der Waals surface area (Å²) >= 11 is 0. The maximum atomic E-state index is 10.9. The fraction of sp³-hybridized carbons (Fsp3) is 0.182. The van der Waals surface area contributed by atoms with Crippen molar-refractivity contribution >= 4 is 5.78 Å². The number of allylic oxidation sites excluding steroid dienone is 1. The van der Waals surface area contributed by atoms with Crippen molar-refractivity contribution in [3.05, 3.63) is 48.0 Å². The monoisotopic (exact) mass is 159 g/mol. The zero-order valence-electron chi connectivity index (χ0n) is 7.08. The summed E-state index contributed by atoms with van der Waals surface area (Å²) < 4.78 is 0. The van der Waals surface area contributed by atoms with E-state index in [9.17, 15) is 4.79 Å². The number of rotatable bonds is 3. The Bertz CT molecular complexity index is 282. The smallest absolute Gasteiger partial charge is 0.160 e. The van der Waals surface area contributed by atoms with Crippen molar-refractivity contribution in [1.82, 2.24) is 0 Å². The van der Waals surface area contributed by atoms with Crippen molar-refractivity contribution in [2.75, 3.05) is 0 Å². The normalized spacial score (nSPS) is 9.42. The van der Waals surface area contributed by atoms with Crippen LogP contribution >= 0.6 is 0 Å². The molecule has 61 valence electrons. The Hall–Kier alpha value is -1.37. The zero-order valence-corrected chi connectivity index (χ0v) is 7.08. The highest BCUT2D eigenvalue weighted by molar-refractivity contribution is 5.90. The first kappa shape index (κ1) is 8.72. The van der Waals surface area contributed by atoms with Crippen molar-refractivity contribution in [2.45, 2.75) is 13.3 Å². The Morgan fingerprint density at radius 3 is 2.50 bits per heavy atom. The third-order valence-corrected chi connectivity index (χ3v) is 1.68. The number of benzene rings is 1. The molecule has 1 aromatic carbocycles. The van der Waals surface area contributed by atoms with Crippen LogP contribution in [-0.2, 0) is 11.2 Å². The van der Waals surface area contributed by atoms with E-state index < -0.39 is 0 Å². The minimum absolute atomic E-state index is 0.0427. The summed E-state index contributed by atoms with van der Waals surface area (Å²) in [6.07, 6.45) is 1.51. The molecule has 0 spiro atoms. The van der Waals surface area contributed by atoms with Gasteiger partial charge in [0.1, 0.15) is 0 Å².